The van der Waals surface area contributed by atoms with Crippen LogP contribution in [-0.4, -0.2) is 143 Å². The molecule has 23 heteroatoms. The van der Waals surface area contributed by atoms with Crippen molar-refractivity contribution in [2.75, 3.05) is 52.4 Å². The fourth-order valence-electron chi connectivity index (χ4n) is 11.8. The molecule has 0 spiro atoms. The Kier molecular flexibility index (Phi) is 22.9. The van der Waals surface area contributed by atoms with Crippen LogP contribution >= 0.6 is 28.3 Å². The summed E-state index contributed by atoms with van der Waals surface area (Å²) < 4.78 is 4.35. The van der Waals surface area contributed by atoms with Crippen molar-refractivity contribution in [3.05, 3.63) is 212 Å². The van der Waals surface area contributed by atoms with Gasteiger partial charge in [-0.1, -0.05) is 138 Å². The molecule has 484 valence electrons. The number of alkyl halides is 1. The molecule has 0 saturated carbocycles. The number of imide groups is 3. The number of benzene rings is 6. The van der Waals surface area contributed by atoms with E-state index in [0.717, 1.165) is 23.0 Å². The predicted octanol–water partition coefficient (Wildman–Crippen LogP) is 7.50. The predicted molar refractivity (Wildman–Crippen MR) is 349 cm³/mol. The highest BCUT2D eigenvalue weighted by Gasteiger charge is 2.43. The van der Waals surface area contributed by atoms with Crippen LogP contribution in [-0.2, 0) is 35.8 Å². The first-order chi connectivity index (χ1) is 44.1. The number of nitrogens with two attached hydrogens (primary N) is 1. The number of fused-ring (bicyclic) bond motifs is 4. The van der Waals surface area contributed by atoms with Gasteiger partial charge < -0.3 is 31.3 Å². The molecule has 8 aliphatic heterocycles. The van der Waals surface area contributed by atoms with Crippen LogP contribution in [0.15, 0.2) is 146 Å². The second-order valence-corrected chi connectivity index (χ2v) is 24.7. The Balaban J connectivity index is 0.000000149. The molecular weight excluding hydrogens is 1280 g/mol. The summed E-state index contributed by atoms with van der Waals surface area (Å²) in [5.41, 5.74) is 13.6. The number of nitrogens with zero attached hydrogens (tertiary/aromatic N) is 4. The number of ether oxygens (including phenoxy) is 1. The maximum atomic E-state index is 12.5. The third kappa shape index (κ3) is 16.2. The monoisotopic (exact) mass is 1350 g/mol. The van der Waals surface area contributed by atoms with Gasteiger partial charge in [0.1, 0.15) is 0 Å². The number of likely N-dealkylation sites (tertiary alicyclic amines) is 1. The van der Waals surface area contributed by atoms with Crippen LogP contribution in [0.25, 0.3) is 0 Å². The molecule has 93 heavy (non-hydrogen) atoms. The zero-order chi connectivity index (χ0) is 66.0. The number of hydrogen-bond acceptors (Lipinski definition) is 14. The van der Waals surface area contributed by atoms with Crippen molar-refractivity contribution in [2.45, 2.75) is 58.8 Å². The molecule has 6 aromatic rings. The second-order valence-electron chi connectivity index (χ2n) is 24.1. The number of cyclic esters (lactones) is 2. The molecule has 0 bridgehead atoms. The van der Waals surface area contributed by atoms with Gasteiger partial charge in [0.2, 0.25) is 23.6 Å². The average molecular weight is 1350 g/mol. The average Bonchev–Trinajstić information content (AvgIpc) is 1.67. The molecule has 4 unspecified atom stereocenters. The number of hydrogen-bond donors (Lipinski definition) is 4. The molecule has 8 heterocycles. The molecule has 0 aliphatic carbocycles. The van der Waals surface area contributed by atoms with E-state index >= 15 is 0 Å². The van der Waals surface area contributed by atoms with Crippen LogP contribution in [0.3, 0.4) is 0 Å². The van der Waals surface area contributed by atoms with E-state index < -0.39 is 11.9 Å². The lowest BCUT2D eigenvalue weighted by atomic mass is 9.81. The van der Waals surface area contributed by atoms with Crippen LogP contribution in [0.4, 0.5) is 0 Å². The lowest BCUT2D eigenvalue weighted by Gasteiger charge is -2.21. The first-order valence-corrected chi connectivity index (χ1v) is 31.4. The Morgan fingerprint density at radius 3 is 1.15 bits per heavy atom. The van der Waals surface area contributed by atoms with Crippen LogP contribution in [0, 0.1) is 42.9 Å². The second kappa shape index (κ2) is 30.7. The molecule has 14 rings (SSSR count). The fourth-order valence-corrected chi connectivity index (χ4v) is 12.2. The Labute approximate surface area is 552 Å². The number of carbonyl (C=O) groups is 12. The quantitative estimate of drug-likeness (QED) is 0.0447. The minimum atomic E-state index is -0.550. The van der Waals surface area contributed by atoms with Crippen molar-refractivity contribution >= 4 is 99.3 Å². The van der Waals surface area contributed by atoms with Crippen LogP contribution in [0.2, 0.25) is 0 Å². The number of halogens is 2. The number of aryl methyl sites for hydroxylation is 2. The van der Waals surface area contributed by atoms with E-state index in [0.29, 0.717) is 122 Å². The summed E-state index contributed by atoms with van der Waals surface area (Å²) in [7, 11) is 0. The summed E-state index contributed by atoms with van der Waals surface area (Å²) in [4.78, 5) is 146. The van der Waals surface area contributed by atoms with Crippen LogP contribution in [0.5, 0.6) is 0 Å². The molecule has 6 aromatic carbocycles. The maximum Gasteiger partial charge on any atom is 0.346 e. The van der Waals surface area contributed by atoms with Gasteiger partial charge in [-0.05, 0) is 80.1 Å². The molecular formula is C70H72BrClN8O13. The molecule has 8 aliphatic rings. The molecule has 4 saturated heterocycles. The summed E-state index contributed by atoms with van der Waals surface area (Å²) in [6, 6.07) is 43.6. The first-order valence-electron chi connectivity index (χ1n) is 30.2. The molecule has 10 amide bonds. The van der Waals surface area contributed by atoms with E-state index in [1.807, 2.05) is 43.9 Å². The zero-order valence-electron chi connectivity index (χ0n) is 51.8. The van der Waals surface area contributed by atoms with Gasteiger partial charge in [0, 0.05) is 106 Å². The van der Waals surface area contributed by atoms with Gasteiger partial charge in [0.05, 0.1) is 44.5 Å². The van der Waals surface area contributed by atoms with Gasteiger partial charge in [0.15, 0.2) is 0 Å². The van der Waals surface area contributed by atoms with Gasteiger partial charge in [-0.3, -0.25) is 62.6 Å². The Hall–Kier alpha value is -9.51. The van der Waals surface area contributed by atoms with Crippen LogP contribution < -0.4 is 21.7 Å². The topological polar surface area (TPSA) is 289 Å². The lowest BCUT2D eigenvalue weighted by Crippen LogP contribution is -2.35. The van der Waals surface area contributed by atoms with Gasteiger partial charge >= 0.3 is 11.9 Å². The number of rotatable bonds is 10. The van der Waals surface area contributed by atoms with Crippen molar-refractivity contribution in [2.24, 2.45) is 34.8 Å². The van der Waals surface area contributed by atoms with Gasteiger partial charge in [0.25, 0.3) is 35.4 Å². The van der Waals surface area contributed by atoms with E-state index in [-0.39, 0.29) is 94.6 Å². The third-order valence-electron chi connectivity index (χ3n) is 17.0. The van der Waals surface area contributed by atoms with E-state index in [4.69, 9.17) is 5.73 Å². The highest BCUT2D eigenvalue weighted by molar-refractivity contribution is 9.08. The summed E-state index contributed by atoms with van der Waals surface area (Å²) in [5.74, 6) is -2.12. The van der Waals surface area contributed by atoms with E-state index in [1.54, 1.807) is 97.1 Å². The Morgan fingerprint density at radius 2 is 0.839 bits per heavy atom. The lowest BCUT2D eigenvalue weighted by molar-refractivity contribution is -0.128. The molecule has 0 radical (unpaired) electrons. The molecule has 21 nitrogen and oxygen atoms in total. The SMILES string of the molecule is CC1(C)C(=O)NCC1CN.Cc1cccc(CBr)c1.Cc1cccc(CN2CC(CN3C(=O)c4ccccc4C3=O)CC2=O)c1.Cl.O=C1CC(CN2C(=O)c3ccccc3C2=O)CN1.O=C1CC(CN2C(=O)c3ccccc3C2=O)CN1.O=C1OC(=O)c2ccccc21. The Bertz CT molecular complexity index is 3690. The minimum Gasteiger partial charge on any atom is -0.386 e. The van der Waals surface area contributed by atoms with E-state index in [2.05, 4.69) is 73.9 Å². The third-order valence-corrected chi connectivity index (χ3v) is 17.7. The number of esters is 2. The van der Waals surface area contributed by atoms with Gasteiger partial charge in [-0.2, -0.15) is 0 Å². The molecule has 5 N–H and O–H groups in total. The normalized spacial score (nSPS) is 20.0. The summed E-state index contributed by atoms with van der Waals surface area (Å²) in [5, 5.41) is 9.16. The fraction of sp³-hybridized carbons (Fsp3) is 0.314. The first kappa shape index (κ1) is 69.4. The van der Waals surface area contributed by atoms with Crippen molar-refractivity contribution in [3.8, 4) is 0 Å². The molecule has 0 aromatic heterocycles. The summed E-state index contributed by atoms with van der Waals surface area (Å²) in [6.07, 6.45) is 1.14. The van der Waals surface area contributed by atoms with Crippen molar-refractivity contribution in [3.63, 3.8) is 0 Å². The van der Waals surface area contributed by atoms with Gasteiger partial charge in [-0.15, -0.1) is 12.4 Å². The van der Waals surface area contributed by atoms with E-state index in [1.165, 1.54) is 25.8 Å². The smallest absolute Gasteiger partial charge is 0.346 e. The standard InChI is InChI=1S/C21H20N2O3.2C13H12N2O3.C8H9Br.C8H4O3.C7H14N2O.ClH/c1-14-5-4-6-15(9-14)11-22-12-16(10-19(22)24)13-23-20(25)17-7-2-3-8-18(17)21(23)26;2*16-11-5-8(6-14-11)7-15-12(17)9-3-1-2-4-10(9)13(15)18;1-7-3-2-4-8(5-7)6-9;9-7-5-3-1-2-4-6(5)8(10)11-7;1-7(2)5(3-8)4-9-6(7)10;/h2-9,16H,10-13H2,1H3;2*1-4,8H,5-7H2,(H,14,16);2-5H,6H2,1H3;1-4H;5H,3-4,8H2,1-2H3,(H,9,10);1H. The maximum absolute atomic E-state index is 12.5. The van der Waals surface area contributed by atoms with Crippen molar-refractivity contribution in [1.82, 2.24) is 35.6 Å². The molecule has 4 fully saturated rings. The molecule has 4 atom stereocenters. The van der Waals surface area contributed by atoms with Crippen molar-refractivity contribution in [1.29, 1.82) is 0 Å². The largest absolute Gasteiger partial charge is 0.386 e. The van der Waals surface area contributed by atoms with Crippen LogP contribution in [0.1, 0.15) is 138 Å². The number of nitrogens with one attached hydrogen (secondary N) is 3. The van der Waals surface area contributed by atoms with E-state index in [9.17, 15) is 57.5 Å². The summed E-state index contributed by atoms with van der Waals surface area (Å²) >= 11 is 3.39. The number of amides is 10. The Morgan fingerprint density at radius 1 is 0.473 bits per heavy atom. The highest BCUT2D eigenvalue weighted by Crippen LogP contribution is 2.32. The highest BCUT2D eigenvalue weighted by atomic mass is 79.9. The van der Waals surface area contributed by atoms with Gasteiger partial charge in [-0.25, -0.2) is 9.59 Å². The number of carbonyl (C=O) groups excluding carboxylic acids is 12. The zero-order valence-corrected chi connectivity index (χ0v) is 54.2. The minimum absolute atomic E-state index is 0. The van der Waals surface area contributed by atoms with Crippen molar-refractivity contribution < 1.29 is 62.3 Å². The summed E-state index contributed by atoms with van der Waals surface area (Å²) in [6.45, 7) is 12.5.